The van der Waals surface area contributed by atoms with Gasteiger partial charge in [-0.2, -0.15) is 0 Å². The van der Waals surface area contributed by atoms with Crippen molar-refractivity contribution >= 4 is 5.97 Å². The van der Waals surface area contributed by atoms with Crippen molar-refractivity contribution < 1.29 is 19.4 Å². The highest BCUT2D eigenvalue weighted by Crippen LogP contribution is 1.91. The Morgan fingerprint density at radius 2 is 2.18 bits per heavy atom. The fraction of sp³-hybridized carbons (Fsp3) is 0.571. The van der Waals surface area contributed by atoms with Crippen LogP contribution in [0.2, 0.25) is 0 Å². The van der Waals surface area contributed by atoms with Gasteiger partial charge in [0, 0.05) is 7.11 Å². The van der Waals surface area contributed by atoms with E-state index < -0.39 is 5.97 Å². The molecular formula is C7H12O4. The fourth-order valence-electron chi connectivity index (χ4n) is 0.366. The minimum absolute atomic E-state index is 0.182. The number of carbonyl (C=O) groups is 1. The van der Waals surface area contributed by atoms with Crippen LogP contribution in [0, 0.1) is 0 Å². The highest BCUT2D eigenvalue weighted by molar-refractivity contribution is 5.85. The summed E-state index contributed by atoms with van der Waals surface area (Å²) in [5.74, 6) is -0.970. The summed E-state index contributed by atoms with van der Waals surface area (Å²) in [6.07, 6.45) is 1.21. The van der Waals surface area contributed by atoms with Gasteiger partial charge in [0.15, 0.2) is 0 Å². The van der Waals surface area contributed by atoms with E-state index in [2.05, 4.69) is 4.74 Å². The first kappa shape index (κ1) is 9.97. The lowest BCUT2D eigenvalue weighted by atomic mass is 10.3. The van der Waals surface area contributed by atoms with Gasteiger partial charge < -0.3 is 14.6 Å². The highest BCUT2D eigenvalue weighted by Gasteiger charge is 1.97. The molecule has 0 aliphatic rings. The van der Waals surface area contributed by atoms with Gasteiger partial charge in [-0.15, -0.1) is 0 Å². The first-order chi connectivity index (χ1) is 5.18. The van der Waals surface area contributed by atoms with Crippen LogP contribution in [0.15, 0.2) is 11.8 Å². The molecule has 0 bridgehead atoms. The number of carboxylic acids is 1. The maximum absolute atomic E-state index is 10.2. The second-order valence-electron chi connectivity index (χ2n) is 1.97. The summed E-state index contributed by atoms with van der Waals surface area (Å²) >= 11 is 0. The Morgan fingerprint density at radius 3 is 2.64 bits per heavy atom. The van der Waals surface area contributed by atoms with Crippen molar-refractivity contribution in [1.29, 1.82) is 0 Å². The van der Waals surface area contributed by atoms with Gasteiger partial charge >= 0.3 is 5.97 Å². The zero-order valence-corrected chi connectivity index (χ0v) is 6.66. The molecular weight excluding hydrogens is 148 g/mol. The topological polar surface area (TPSA) is 55.8 Å². The molecule has 0 heterocycles. The Labute approximate surface area is 65.4 Å². The summed E-state index contributed by atoms with van der Waals surface area (Å²) < 4.78 is 9.51. The van der Waals surface area contributed by atoms with E-state index in [0.717, 1.165) is 0 Å². The van der Waals surface area contributed by atoms with E-state index in [1.54, 1.807) is 7.11 Å². The Kier molecular flexibility index (Phi) is 5.20. The molecule has 0 radical (unpaired) electrons. The standard InChI is InChI=1S/C7H12O4/c1-6(7(8)9)5-11-4-3-10-2/h5H,3-4H2,1-2H3,(H,8,9). The number of ether oxygens (including phenoxy) is 2. The normalized spacial score (nSPS) is 11.3. The third-order valence-electron chi connectivity index (χ3n) is 1.00. The van der Waals surface area contributed by atoms with Crippen molar-refractivity contribution in [2.24, 2.45) is 0 Å². The molecule has 0 saturated heterocycles. The average Bonchev–Trinajstić information content (AvgIpc) is 1.97. The molecule has 0 atom stereocenters. The van der Waals surface area contributed by atoms with Crippen LogP contribution in [0.5, 0.6) is 0 Å². The number of carboxylic acid groups (broad SMARTS) is 1. The molecule has 0 aromatic heterocycles. The quantitative estimate of drug-likeness (QED) is 0.364. The van der Waals surface area contributed by atoms with Crippen molar-refractivity contribution in [2.45, 2.75) is 6.92 Å². The minimum Gasteiger partial charge on any atom is -0.498 e. The number of hydrogen-bond donors (Lipinski definition) is 1. The lowest BCUT2D eigenvalue weighted by Crippen LogP contribution is -2.00. The number of aliphatic carboxylic acids is 1. The van der Waals surface area contributed by atoms with Crippen LogP contribution < -0.4 is 0 Å². The molecule has 0 fully saturated rings. The van der Waals surface area contributed by atoms with Crippen LogP contribution in [-0.2, 0) is 14.3 Å². The summed E-state index contributed by atoms with van der Waals surface area (Å²) in [5, 5.41) is 8.36. The maximum atomic E-state index is 10.2. The number of methoxy groups -OCH3 is 1. The number of hydrogen-bond acceptors (Lipinski definition) is 3. The lowest BCUT2D eigenvalue weighted by Gasteiger charge is -1.99. The van der Waals surface area contributed by atoms with Gasteiger partial charge in [-0.3, -0.25) is 0 Å². The lowest BCUT2D eigenvalue weighted by molar-refractivity contribution is -0.132. The zero-order chi connectivity index (χ0) is 8.69. The second kappa shape index (κ2) is 5.73. The van der Waals surface area contributed by atoms with E-state index in [1.807, 2.05) is 0 Å². The van der Waals surface area contributed by atoms with Gasteiger partial charge in [-0.05, 0) is 6.92 Å². The molecule has 0 aromatic rings. The van der Waals surface area contributed by atoms with Crippen LogP contribution in [0.4, 0.5) is 0 Å². The third-order valence-corrected chi connectivity index (χ3v) is 1.00. The zero-order valence-electron chi connectivity index (χ0n) is 6.66. The maximum Gasteiger partial charge on any atom is 0.334 e. The molecule has 1 N–H and O–H groups in total. The molecule has 0 saturated carbocycles. The largest absolute Gasteiger partial charge is 0.498 e. The molecule has 0 aromatic carbocycles. The summed E-state index contributed by atoms with van der Waals surface area (Å²) in [6, 6.07) is 0. The smallest absolute Gasteiger partial charge is 0.334 e. The Bertz CT molecular complexity index is 151. The van der Waals surface area contributed by atoms with Gasteiger partial charge in [-0.25, -0.2) is 4.79 Å². The van der Waals surface area contributed by atoms with Gasteiger partial charge in [0.05, 0.1) is 18.4 Å². The molecule has 0 unspecified atom stereocenters. The molecule has 0 amide bonds. The molecule has 0 aliphatic heterocycles. The van der Waals surface area contributed by atoms with Crippen molar-refractivity contribution in [2.75, 3.05) is 20.3 Å². The molecule has 11 heavy (non-hydrogen) atoms. The predicted octanol–water partition coefficient (Wildman–Crippen LogP) is 0.638. The summed E-state index contributed by atoms with van der Waals surface area (Å²) in [7, 11) is 1.55. The van der Waals surface area contributed by atoms with Crippen LogP contribution in [0.3, 0.4) is 0 Å². The fourth-order valence-corrected chi connectivity index (χ4v) is 0.366. The van der Waals surface area contributed by atoms with E-state index in [0.29, 0.717) is 13.2 Å². The second-order valence-corrected chi connectivity index (χ2v) is 1.97. The summed E-state index contributed by atoms with van der Waals surface area (Å²) in [6.45, 7) is 2.31. The molecule has 0 rings (SSSR count). The van der Waals surface area contributed by atoms with Gasteiger partial charge in [-0.1, -0.05) is 0 Å². The molecule has 4 heteroatoms. The van der Waals surface area contributed by atoms with E-state index >= 15 is 0 Å². The minimum atomic E-state index is -0.970. The Morgan fingerprint density at radius 1 is 1.55 bits per heavy atom. The van der Waals surface area contributed by atoms with Crippen LogP contribution in [0.1, 0.15) is 6.92 Å². The Balaban J connectivity index is 3.48. The Hall–Kier alpha value is -1.03. The van der Waals surface area contributed by atoms with Crippen LogP contribution in [0.25, 0.3) is 0 Å². The van der Waals surface area contributed by atoms with Crippen molar-refractivity contribution in [3.8, 4) is 0 Å². The molecule has 0 aliphatic carbocycles. The highest BCUT2D eigenvalue weighted by atomic mass is 16.5. The summed E-state index contributed by atoms with van der Waals surface area (Å²) in [5.41, 5.74) is 0.182. The van der Waals surface area contributed by atoms with Gasteiger partial charge in [0.1, 0.15) is 6.61 Å². The summed E-state index contributed by atoms with van der Waals surface area (Å²) in [4.78, 5) is 10.2. The predicted molar refractivity (Wildman–Crippen MR) is 39.2 cm³/mol. The van der Waals surface area contributed by atoms with Crippen LogP contribution in [-0.4, -0.2) is 31.4 Å². The molecule has 64 valence electrons. The van der Waals surface area contributed by atoms with Gasteiger partial charge in [0.25, 0.3) is 0 Å². The molecule has 4 nitrogen and oxygen atoms in total. The van der Waals surface area contributed by atoms with Crippen molar-refractivity contribution in [3.63, 3.8) is 0 Å². The third kappa shape index (κ3) is 5.42. The average molecular weight is 160 g/mol. The molecule has 0 spiro atoms. The van der Waals surface area contributed by atoms with Crippen molar-refractivity contribution in [1.82, 2.24) is 0 Å². The SMILES string of the molecule is COCCOC=C(C)C(=O)O. The monoisotopic (exact) mass is 160 g/mol. The van der Waals surface area contributed by atoms with E-state index in [9.17, 15) is 4.79 Å². The van der Waals surface area contributed by atoms with E-state index in [-0.39, 0.29) is 5.57 Å². The van der Waals surface area contributed by atoms with Crippen molar-refractivity contribution in [3.05, 3.63) is 11.8 Å². The first-order valence-electron chi connectivity index (χ1n) is 3.19. The van der Waals surface area contributed by atoms with E-state index in [1.165, 1.54) is 13.2 Å². The number of rotatable bonds is 5. The first-order valence-corrected chi connectivity index (χ1v) is 3.19. The van der Waals surface area contributed by atoms with E-state index in [4.69, 9.17) is 9.84 Å². The van der Waals surface area contributed by atoms with Crippen LogP contribution >= 0.6 is 0 Å². The van der Waals surface area contributed by atoms with Gasteiger partial charge in [0.2, 0.25) is 0 Å².